The van der Waals surface area contributed by atoms with Crippen molar-refractivity contribution < 1.29 is 14.4 Å². The van der Waals surface area contributed by atoms with E-state index in [1.807, 2.05) is 6.07 Å². The number of nitro groups is 1. The van der Waals surface area contributed by atoms with Gasteiger partial charge in [0.25, 0.3) is 11.2 Å². The van der Waals surface area contributed by atoms with Gasteiger partial charge < -0.3 is 9.52 Å². The molecule has 0 unspecified atom stereocenters. The number of hydrogen-bond acceptors (Lipinski definition) is 7. The highest BCUT2D eigenvalue weighted by Crippen LogP contribution is 2.26. The second-order valence-electron chi connectivity index (χ2n) is 6.31. The summed E-state index contributed by atoms with van der Waals surface area (Å²) in [7, 11) is 0. The summed E-state index contributed by atoms with van der Waals surface area (Å²) < 4.78 is 6.23. The molecule has 9 nitrogen and oxygen atoms in total. The SMILES string of the molecule is Cc1ccc(N=Cc2c(C)c(C#N)c(=O)n(Cc3ccco3)c2O)cc1[N+](=O)[O-]. The van der Waals surface area contributed by atoms with Crippen LogP contribution in [0.4, 0.5) is 11.4 Å². The number of furan rings is 1. The van der Waals surface area contributed by atoms with E-state index < -0.39 is 10.5 Å². The molecule has 0 amide bonds. The third-order valence-electron chi connectivity index (χ3n) is 4.47. The zero-order valence-corrected chi connectivity index (χ0v) is 15.6. The molecule has 1 aromatic carbocycles. The number of aromatic hydroxyl groups is 1. The molecule has 0 aliphatic heterocycles. The van der Waals surface area contributed by atoms with E-state index in [9.17, 15) is 25.3 Å². The highest BCUT2D eigenvalue weighted by atomic mass is 16.6. The van der Waals surface area contributed by atoms with E-state index in [0.717, 1.165) is 4.57 Å². The van der Waals surface area contributed by atoms with Crippen LogP contribution in [-0.4, -0.2) is 20.8 Å². The number of rotatable bonds is 5. The van der Waals surface area contributed by atoms with Gasteiger partial charge in [-0.05, 0) is 37.6 Å². The van der Waals surface area contributed by atoms with E-state index in [4.69, 9.17) is 4.42 Å². The highest BCUT2D eigenvalue weighted by Gasteiger charge is 2.19. The lowest BCUT2D eigenvalue weighted by Gasteiger charge is -2.13. The Morgan fingerprint density at radius 3 is 2.76 bits per heavy atom. The Balaban J connectivity index is 2.11. The Morgan fingerprint density at radius 1 is 1.38 bits per heavy atom. The molecule has 0 radical (unpaired) electrons. The van der Waals surface area contributed by atoms with Gasteiger partial charge in [-0.25, -0.2) is 0 Å². The van der Waals surface area contributed by atoms with E-state index in [-0.39, 0.29) is 34.8 Å². The number of nitrogens with zero attached hydrogens (tertiary/aromatic N) is 4. The Kier molecular flexibility index (Phi) is 5.27. The first-order valence-electron chi connectivity index (χ1n) is 8.51. The molecule has 2 aromatic heterocycles. The van der Waals surface area contributed by atoms with Crippen molar-refractivity contribution in [1.29, 1.82) is 5.26 Å². The molecule has 3 aromatic rings. The lowest BCUT2D eigenvalue weighted by molar-refractivity contribution is -0.385. The fourth-order valence-electron chi connectivity index (χ4n) is 2.84. The maximum Gasteiger partial charge on any atom is 0.274 e. The van der Waals surface area contributed by atoms with Crippen molar-refractivity contribution in [3.05, 3.63) is 85.1 Å². The van der Waals surface area contributed by atoms with Gasteiger partial charge >= 0.3 is 0 Å². The molecule has 0 atom stereocenters. The third-order valence-corrected chi connectivity index (χ3v) is 4.47. The number of aryl methyl sites for hydroxylation is 1. The molecule has 0 saturated carbocycles. The molecule has 3 rings (SSSR count). The Bertz CT molecular complexity index is 1220. The van der Waals surface area contributed by atoms with Crippen LogP contribution in [0.1, 0.15) is 28.0 Å². The normalized spacial score (nSPS) is 10.9. The second kappa shape index (κ2) is 7.82. The van der Waals surface area contributed by atoms with Crippen molar-refractivity contribution in [2.75, 3.05) is 0 Å². The van der Waals surface area contributed by atoms with Gasteiger partial charge in [0.15, 0.2) is 0 Å². The molecular formula is C20H16N4O5. The average Bonchev–Trinajstić information content (AvgIpc) is 3.19. The van der Waals surface area contributed by atoms with Gasteiger partial charge in [0.2, 0.25) is 5.88 Å². The first-order chi connectivity index (χ1) is 13.8. The van der Waals surface area contributed by atoms with Crippen LogP contribution in [0.3, 0.4) is 0 Å². The topological polar surface area (TPSA) is 135 Å². The number of pyridine rings is 1. The van der Waals surface area contributed by atoms with Gasteiger partial charge in [-0.1, -0.05) is 6.07 Å². The summed E-state index contributed by atoms with van der Waals surface area (Å²) in [5, 5.41) is 31.1. The Labute approximate surface area is 164 Å². The van der Waals surface area contributed by atoms with Crippen LogP contribution < -0.4 is 5.56 Å². The largest absolute Gasteiger partial charge is 0.494 e. The molecule has 1 N–H and O–H groups in total. The zero-order valence-electron chi connectivity index (χ0n) is 15.6. The summed E-state index contributed by atoms with van der Waals surface area (Å²) in [6.45, 7) is 3.07. The quantitative estimate of drug-likeness (QED) is 0.402. The number of aromatic nitrogens is 1. The molecule has 0 bridgehead atoms. The van der Waals surface area contributed by atoms with Crippen molar-refractivity contribution in [3.63, 3.8) is 0 Å². The molecule has 9 heteroatoms. The van der Waals surface area contributed by atoms with Gasteiger partial charge in [-0.15, -0.1) is 0 Å². The minimum absolute atomic E-state index is 0.0660. The van der Waals surface area contributed by atoms with Crippen LogP contribution in [0.5, 0.6) is 5.88 Å². The van der Waals surface area contributed by atoms with E-state index >= 15 is 0 Å². The monoisotopic (exact) mass is 392 g/mol. The molecule has 0 saturated heterocycles. The summed E-state index contributed by atoms with van der Waals surface area (Å²) in [5.41, 5.74) is 0.343. The molecular weight excluding hydrogens is 376 g/mol. The van der Waals surface area contributed by atoms with E-state index in [0.29, 0.717) is 17.0 Å². The van der Waals surface area contributed by atoms with Crippen LogP contribution in [-0.2, 0) is 6.54 Å². The van der Waals surface area contributed by atoms with Crippen LogP contribution in [0.25, 0.3) is 0 Å². The number of benzene rings is 1. The van der Waals surface area contributed by atoms with Gasteiger partial charge in [-0.3, -0.25) is 24.5 Å². The molecule has 146 valence electrons. The van der Waals surface area contributed by atoms with Crippen molar-refractivity contribution in [2.45, 2.75) is 20.4 Å². The van der Waals surface area contributed by atoms with E-state index in [1.165, 1.54) is 25.5 Å². The average molecular weight is 392 g/mol. The Hall–Kier alpha value is -4.19. The van der Waals surface area contributed by atoms with Gasteiger partial charge in [-0.2, -0.15) is 5.26 Å². The van der Waals surface area contributed by atoms with Crippen LogP contribution in [0, 0.1) is 35.3 Å². The zero-order chi connectivity index (χ0) is 21.1. The molecule has 0 aliphatic rings. The summed E-state index contributed by atoms with van der Waals surface area (Å²) in [5.74, 6) is 0.0421. The highest BCUT2D eigenvalue weighted by molar-refractivity contribution is 5.87. The van der Waals surface area contributed by atoms with Crippen molar-refractivity contribution in [1.82, 2.24) is 4.57 Å². The second-order valence-corrected chi connectivity index (χ2v) is 6.31. The number of aliphatic imine (C=N–C) groups is 1. The summed E-state index contributed by atoms with van der Waals surface area (Å²) >= 11 is 0. The van der Waals surface area contributed by atoms with Crippen LogP contribution in [0.2, 0.25) is 0 Å². The van der Waals surface area contributed by atoms with E-state index in [2.05, 4.69) is 4.99 Å². The predicted octanol–water partition coefficient (Wildman–Crippen LogP) is 3.34. The fraction of sp³-hybridized carbons (Fsp3) is 0.150. The summed E-state index contributed by atoms with van der Waals surface area (Å²) in [6.07, 6.45) is 2.71. The van der Waals surface area contributed by atoms with Crippen molar-refractivity contribution >= 4 is 17.6 Å². The third kappa shape index (κ3) is 3.77. The molecule has 29 heavy (non-hydrogen) atoms. The minimum Gasteiger partial charge on any atom is -0.494 e. The lowest BCUT2D eigenvalue weighted by Crippen LogP contribution is -2.25. The minimum atomic E-state index is -0.651. The number of nitriles is 1. The van der Waals surface area contributed by atoms with Crippen molar-refractivity contribution in [2.24, 2.45) is 4.99 Å². The molecule has 0 fully saturated rings. The molecule has 0 spiro atoms. The van der Waals surface area contributed by atoms with Gasteiger partial charge in [0.05, 0.1) is 29.0 Å². The molecule has 2 heterocycles. The molecule has 0 aliphatic carbocycles. The predicted molar refractivity (Wildman–Crippen MR) is 105 cm³/mol. The first-order valence-corrected chi connectivity index (χ1v) is 8.51. The fourth-order valence-corrected chi connectivity index (χ4v) is 2.84. The summed E-state index contributed by atoms with van der Waals surface area (Å²) in [4.78, 5) is 27.4. The summed E-state index contributed by atoms with van der Waals surface area (Å²) in [6, 6.07) is 9.60. The first kappa shape index (κ1) is 19.6. The number of nitro benzene ring substituents is 1. The smallest absolute Gasteiger partial charge is 0.274 e. The van der Waals surface area contributed by atoms with Gasteiger partial charge in [0, 0.05) is 17.8 Å². The van der Waals surface area contributed by atoms with Crippen LogP contribution in [0.15, 0.2) is 50.8 Å². The standard InChI is InChI=1S/C20H16N4O5/c1-12-5-6-14(8-18(12)24(27)28)22-10-17-13(2)16(9-21)19(25)23(20(17)26)11-15-4-3-7-29-15/h3-8,10,26H,11H2,1-2H3. The number of hydrogen-bond donors (Lipinski definition) is 1. The maximum absolute atomic E-state index is 12.6. The van der Waals surface area contributed by atoms with Crippen LogP contribution >= 0.6 is 0 Å². The lowest BCUT2D eigenvalue weighted by atomic mass is 10.1. The van der Waals surface area contributed by atoms with Crippen molar-refractivity contribution in [3.8, 4) is 11.9 Å². The Morgan fingerprint density at radius 2 is 2.14 bits per heavy atom. The van der Waals surface area contributed by atoms with Gasteiger partial charge in [0.1, 0.15) is 17.4 Å². The van der Waals surface area contributed by atoms with E-state index in [1.54, 1.807) is 31.2 Å². The maximum atomic E-state index is 12.6.